The number of hydrogen-bond acceptors (Lipinski definition) is 4. The summed E-state index contributed by atoms with van der Waals surface area (Å²) in [6, 6.07) is 0.459. The molecule has 0 spiro atoms. The molecule has 1 aromatic heterocycles. The van der Waals surface area contributed by atoms with Gasteiger partial charge in [0.15, 0.2) is 5.82 Å². The summed E-state index contributed by atoms with van der Waals surface area (Å²) in [5.74, 6) is -1.15. The van der Waals surface area contributed by atoms with Gasteiger partial charge in [-0.2, -0.15) is 5.10 Å². The molecular weight excluding hydrogens is 277 g/mol. The lowest BCUT2D eigenvalue weighted by Gasteiger charge is -2.08. The van der Waals surface area contributed by atoms with Crippen LogP contribution in [0, 0.1) is 12.7 Å². The summed E-state index contributed by atoms with van der Waals surface area (Å²) in [5.41, 5.74) is 6.46. The first kappa shape index (κ1) is 16.9. The number of carboxylic acids is 1. The Bertz CT molecular complexity index is 640. The van der Waals surface area contributed by atoms with Crippen molar-refractivity contribution in [2.45, 2.75) is 33.2 Å². The van der Waals surface area contributed by atoms with Crippen LogP contribution < -0.4 is 10.5 Å². The molecule has 1 heterocycles. The standard InChI is InChI=1S/C12H14FN3O3.C2H6/c1-5-3-8(19-2)9-7(4-6(14)12(17)18)15-16-11(9)10(5)13;1-2/h3,6H,4,14H2,1-2H3,(H,15,16)(H,17,18);1-2H3. The summed E-state index contributed by atoms with van der Waals surface area (Å²) < 4.78 is 19.1. The average Bonchev–Trinajstić information content (AvgIpc) is 2.89. The monoisotopic (exact) mass is 297 g/mol. The maximum absolute atomic E-state index is 13.9. The van der Waals surface area contributed by atoms with E-state index in [-0.39, 0.29) is 11.9 Å². The van der Waals surface area contributed by atoms with E-state index < -0.39 is 17.8 Å². The number of benzene rings is 1. The number of aryl methyl sites for hydroxylation is 1. The predicted molar refractivity (Wildman–Crippen MR) is 78.0 cm³/mol. The SMILES string of the molecule is CC.COc1cc(C)c(F)c2n[nH]c(CC(N)C(=O)O)c12. The van der Waals surface area contributed by atoms with Gasteiger partial charge in [0, 0.05) is 12.1 Å². The van der Waals surface area contributed by atoms with Crippen molar-refractivity contribution < 1.29 is 19.0 Å². The van der Waals surface area contributed by atoms with Crippen LogP contribution in [0.5, 0.6) is 5.75 Å². The van der Waals surface area contributed by atoms with Gasteiger partial charge in [-0.3, -0.25) is 9.89 Å². The third kappa shape index (κ3) is 3.30. The van der Waals surface area contributed by atoms with Crippen LogP contribution in [-0.2, 0) is 11.2 Å². The van der Waals surface area contributed by atoms with Crippen molar-refractivity contribution in [1.29, 1.82) is 0 Å². The van der Waals surface area contributed by atoms with Gasteiger partial charge < -0.3 is 15.6 Å². The Morgan fingerprint density at radius 3 is 2.71 bits per heavy atom. The number of carboxylic acid groups (broad SMARTS) is 1. The molecule has 2 rings (SSSR count). The second kappa shape index (κ2) is 7.03. The molecule has 0 saturated heterocycles. The van der Waals surface area contributed by atoms with Crippen molar-refractivity contribution in [1.82, 2.24) is 10.2 Å². The number of hydrogen-bond donors (Lipinski definition) is 3. The normalized spacial score (nSPS) is 11.7. The summed E-state index contributed by atoms with van der Waals surface area (Å²) >= 11 is 0. The van der Waals surface area contributed by atoms with E-state index in [0.29, 0.717) is 22.4 Å². The molecule has 0 fully saturated rings. The van der Waals surface area contributed by atoms with Crippen molar-refractivity contribution in [2.75, 3.05) is 7.11 Å². The van der Waals surface area contributed by atoms with Gasteiger partial charge in [-0.05, 0) is 18.6 Å². The first-order valence-corrected chi connectivity index (χ1v) is 6.64. The number of methoxy groups -OCH3 is 1. The van der Waals surface area contributed by atoms with E-state index in [1.165, 1.54) is 7.11 Å². The van der Waals surface area contributed by atoms with Crippen molar-refractivity contribution in [3.63, 3.8) is 0 Å². The molecule has 116 valence electrons. The van der Waals surface area contributed by atoms with Gasteiger partial charge in [-0.15, -0.1) is 0 Å². The summed E-state index contributed by atoms with van der Waals surface area (Å²) in [6.45, 7) is 5.61. The van der Waals surface area contributed by atoms with E-state index in [1.54, 1.807) is 13.0 Å². The number of aliphatic carboxylic acids is 1. The van der Waals surface area contributed by atoms with Crippen molar-refractivity contribution in [3.8, 4) is 5.75 Å². The lowest BCUT2D eigenvalue weighted by molar-refractivity contribution is -0.138. The molecule has 1 unspecified atom stereocenters. The molecule has 0 bridgehead atoms. The first-order chi connectivity index (χ1) is 9.95. The lowest BCUT2D eigenvalue weighted by atomic mass is 10.1. The van der Waals surface area contributed by atoms with Crippen molar-refractivity contribution in [2.24, 2.45) is 5.73 Å². The van der Waals surface area contributed by atoms with E-state index in [0.717, 1.165) is 0 Å². The fraction of sp³-hybridized carbons (Fsp3) is 0.429. The minimum absolute atomic E-state index is 0.0185. The Kier molecular flexibility index (Phi) is 5.66. The van der Waals surface area contributed by atoms with Crippen LogP contribution in [-0.4, -0.2) is 34.4 Å². The van der Waals surface area contributed by atoms with Gasteiger partial charge >= 0.3 is 5.97 Å². The van der Waals surface area contributed by atoms with Gasteiger partial charge in [0.2, 0.25) is 0 Å². The van der Waals surface area contributed by atoms with Gasteiger partial charge in [-0.1, -0.05) is 13.8 Å². The van der Waals surface area contributed by atoms with Crippen LogP contribution in [0.1, 0.15) is 25.1 Å². The number of nitrogens with zero attached hydrogens (tertiary/aromatic N) is 1. The minimum atomic E-state index is -1.13. The van der Waals surface area contributed by atoms with E-state index in [4.69, 9.17) is 15.6 Å². The third-order valence-corrected chi connectivity index (χ3v) is 2.95. The van der Waals surface area contributed by atoms with E-state index >= 15 is 0 Å². The third-order valence-electron chi connectivity index (χ3n) is 2.95. The second-order valence-electron chi connectivity index (χ2n) is 4.28. The Labute approximate surface area is 122 Å². The summed E-state index contributed by atoms with van der Waals surface area (Å²) in [4.78, 5) is 10.8. The van der Waals surface area contributed by atoms with Crippen LogP contribution in [0.3, 0.4) is 0 Å². The fourth-order valence-electron chi connectivity index (χ4n) is 1.94. The Hall–Kier alpha value is -2.15. The number of carbonyl (C=O) groups is 1. The topological polar surface area (TPSA) is 101 Å². The molecule has 4 N–H and O–H groups in total. The summed E-state index contributed by atoms with van der Waals surface area (Å²) in [6.07, 6.45) is 0.0185. The zero-order chi connectivity index (χ0) is 16.2. The number of nitrogens with one attached hydrogen (secondary N) is 1. The fourth-order valence-corrected chi connectivity index (χ4v) is 1.94. The maximum atomic E-state index is 13.9. The molecule has 0 aliphatic rings. The number of nitrogens with two attached hydrogens (primary N) is 1. The molecule has 7 heteroatoms. The highest BCUT2D eigenvalue weighted by molar-refractivity contribution is 5.89. The number of rotatable bonds is 4. The highest BCUT2D eigenvalue weighted by atomic mass is 19.1. The molecule has 0 aliphatic carbocycles. The zero-order valence-electron chi connectivity index (χ0n) is 12.5. The molecular formula is C14H20FN3O3. The van der Waals surface area contributed by atoms with Gasteiger partial charge in [0.25, 0.3) is 0 Å². The summed E-state index contributed by atoms with van der Waals surface area (Å²) in [7, 11) is 1.46. The number of aromatic amines is 1. The molecule has 0 radical (unpaired) electrons. The van der Waals surface area contributed by atoms with Crippen molar-refractivity contribution >= 4 is 16.9 Å². The Balaban J connectivity index is 0.00000106. The van der Waals surface area contributed by atoms with Crippen LogP contribution in [0.2, 0.25) is 0 Å². The van der Waals surface area contributed by atoms with Crippen LogP contribution >= 0.6 is 0 Å². The molecule has 6 nitrogen and oxygen atoms in total. The highest BCUT2D eigenvalue weighted by Crippen LogP contribution is 2.31. The summed E-state index contributed by atoms with van der Waals surface area (Å²) in [5, 5.41) is 15.7. The predicted octanol–water partition coefficient (Wildman–Crippen LogP) is 2.00. The largest absolute Gasteiger partial charge is 0.496 e. The molecule has 21 heavy (non-hydrogen) atoms. The number of halogens is 1. The second-order valence-corrected chi connectivity index (χ2v) is 4.28. The Morgan fingerprint density at radius 2 is 2.19 bits per heavy atom. The lowest BCUT2D eigenvalue weighted by Crippen LogP contribution is -2.32. The number of aromatic nitrogens is 2. The number of H-pyrrole nitrogens is 1. The maximum Gasteiger partial charge on any atom is 0.320 e. The molecule has 2 aromatic rings. The van der Waals surface area contributed by atoms with E-state index in [2.05, 4.69) is 10.2 Å². The van der Waals surface area contributed by atoms with Crippen molar-refractivity contribution in [3.05, 3.63) is 23.1 Å². The van der Waals surface area contributed by atoms with Crippen LogP contribution in [0.4, 0.5) is 4.39 Å². The molecule has 1 atom stereocenters. The Morgan fingerprint density at radius 1 is 1.57 bits per heavy atom. The smallest absolute Gasteiger partial charge is 0.320 e. The molecule has 0 aliphatic heterocycles. The van der Waals surface area contributed by atoms with E-state index in [1.807, 2.05) is 13.8 Å². The molecule has 1 aromatic carbocycles. The van der Waals surface area contributed by atoms with Gasteiger partial charge in [-0.25, -0.2) is 4.39 Å². The minimum Gasteiger partial charge on any atom is -0.496 e. The zero-order valence-corrected chi connectivity index (χ0v) is 12.5. The number of ether oxygens (including phenoxy) is 1. The molecule has 0 saturated carbocycles. The first-order valence-electron chi connectivity index (χ1n) is 6.64. The van der Waals surface area contributed by atoms with Gasteiger partial charge in [0.05, 0.1) is 12.5 Å². The average molecular weight is 297 g/mol. The van der Waals surface area contributed by atoms with Crippen LogP contribution in [0.25, 0.3) is 10.9 Å². The molecule has 0 amide bonds. The van der Waals surface area contributed by atoms with E-state index in [9.17, 15) is 9.18 Å². The van der Waals surface area contributed by atoms with Gasteiger partial charge in [0.1, 0.15) is 17.3 Å². The number of fused-ring (bicyclic) bond motifs is 1. The highest BCUT2D eigenvalue weighted by Gasteiger charge is 2.21. The van der Waals surface area contributed by atoms with Crippen LogP contribution in [0.15, 0.2) is 6.07 Å². The quantitative estimate of drug-likeness (QED) is 0.801.